The van der Waals surface area contributed by atoms with Crippen LogP contribution in [0.15, 0.2) is 18.2 Å². The molecule has 12 heteroatoms. The van der Waals surface area contributed by atoms with Crippen LogP contribution < -0.4 is 16.0 Å². The van der Waals surface area contributed by atoms with Gasteiger partial charge in [0.05, 0.1) is 17.7 Å². The number of likely N-dealkylation sites (tertiary alicyclic amines) is 1. The molecule has 1 aromatic rings. The molecule has 12 nitrogen and oxygen atoms in total. The summed E-state index contributed by atoms with van der Waals surface area (Å²) in [5.41, 5.74) is 0.503. The van der Waals surface area contributed by atoms with Gasteiger partial charge >= 0.3 is 6.09 Å². The third kappa shape index (κ3) is 7.12. The highest BCUT2D eigenvalue weighted by Crippen LogP contribution is 2.32. The number of alkyl carbamates (subject to hydrolysis) is 1. The Hall–Kier alpha value is -3.51. The molecule has 2 atom stereocenters. The van der Waals surface area contributed by atoms with Gasteiger partial charge in [0.2, 0.25) is 11.8 Å². The summed E-state index contributed by atoms with van der Waals surface area (Å²) in [6.07, 6.45) is 1.36. The number of ether oxygens (including phenoxy) is 2. The number of nitrogens with one attached hydrogen (secondary N) is 3. The smallest absolute Gasteiger partial charge is 0.407 e. The van der Waals surface area contributed by atoms with Crippen LogP contribution in [-0.4, -0.2) is 96.6 Å². The molecule has 0 bridgehead atoms. The van der Waals surface area contributed by atoms with E-state index in [4.69, 9.17) is 9.47 Å². The van der Waals surface area contributed by atoms with E-state index in [1.165, 1.54) is 0 Å². The molecular weight excluding hydrogens is 506 g/mol. The summed E-state index contributed by atoms with van der Waals surface area (Å²) in [5.74, 6) is -2.09. The van der Waals surface area contributed by atoms with Gasteiger partial charge in [-0.15, -0.1) is 0 Å². The number of hydrogen-bond acceptors (Lipinski definition) is 9. The van der Waals surface area contributed by atoms with Crippen molar-refractivity contribution < 1.29 is 33.4 Å². The van der Waals surface area contributed by atoms with Crippen LogP contribution in [-0.2, 0) is 19.1 Å². The van der Waals surface area contributed by atoms with Gasteiger partial charge in [0.25, 0.3) is 11.8 Å². The number of benzene rings is 1. The molecule has 3 aliphatic rings. The lowest BCUT2D eigenvalue weighted by atomic mass is 10.0. The average Bonchev–Trinajstić information content (AvgIpc) is 3.39. The summed E-state index contributed by atoms with van der Waals surface area (Å²) in [6.45, 7) is 9.53. The molecule has 1 aromatic carbocycles. The molecule has 3 heterocycles. The normalized spacial score (nSPS) is 21.7. The maximum Gasteiger partial charge on any atom is 0.407 e. The molecule has 0 aliphatic carbocycles. The Kier molecular flexibility index (Phi) is 8.86. The highest BCUT2D eigenvalue weighted by Gasteiger charge is 2.45. The predicted octanol–water partition coefficient (Wildman–Crippen LogP) is 1.51. The van der Waals surface area contributed by atoms with Crippen LogP contribution in [0.5, 0.6) is 0 Å². The number of piperidine rings is 1. The Morgan fingerprint density at radius 1 is 1.10 bits per heavy atom. The van der Waals surface area contributed by atoms with Crippen LogP contribution in [0.1, 0.15) is 67.2 Å². The minimum Gasteiger partial charge on any atom is -0.444 e. The second-order valence-electron chi connectivity index (χ2n) is 11.0. The van der Waals surface area contributed by atoms with Crippen LogP contribution >= 0.6 is 0 Å². The Bertz CT molecular complexity index is 1130. The van der Waals surface area contributed by atoms with Gasteiger partial charge in [0.1, 0.15) is 11.6 Å². The predicted molar refractivity (Wildman–Crippen MR) is 141 cm³/mol. The molecule has 0 aromatic heterocycles. The maximum atomic E-state index is 13.1. The van der Waals surface area contributed by atoms with E-state index in [2.05, 4.69) is 20.9 Å². The van der Waals surface area contributed by atoms with Gasteiger partial charge < -0.3 is 20.1 Å². The number of fused-ring (bicyclic) bond motifs is 1. The first-order chi connectivity index (χ1) is 18.5. The first-order valence-corrected chi connectivity index (χ1v) is 13.4. The van der Waals surface area contributed by atoms with Gasteiger partial charge in [-0.1, -0.05) is 6.07 Å². The van der Waals surface area contributed by atoms with Crippen molar-refractivity contribution in [1.29, 1.82) is 0 Å². The van der Waals surface area contributed by atoms with Crippen molar-refractivity contribution in [2.75, 3.05) is 44.7 Å². The molecule has 2 saturated heterocycles. The fourth-order valence-electron chi connectivity index (χ4n) is 4.98. The number of nitrogens with zero attached hydrogens (tertiary/aromatic N) is 2. The topological polar surface area (TPSA) is 146 Å². The molecule has 3 N–H and O–H groups in total. The van der Waals surface area contributed by atoms with E-state index in [0.717, 1.165) is 31.0 Å². The SMILES string of the molecule is CC(C)(C)OC(=O)NC1CCN(CCOCCCNc2cccc3c2C(=O)N(C2CCC(=O)NC2=O)C3=O)C1. The summed E-state index contributed by atoms with van der Waals surface area (Å²) in [7, 11) is 0. The number of rotatable bonds is 10. The summed E-state index contributed by atoms with van der Waals surface area (Å²) in [5, 5.41) is 8.33. The van der Waals surface area contributed by atoms with E-state index in [1.54, 1.807) is 18.2 Å². The number of imide groups is 2. The van der Waals surface area contributed by atoms with Gasteiger partial charge in [-0.05, 0) is 52.2 Å². The lowest BCUT2D eigenvalue weighted by molar-refractivity contribution is -0.136. The minimum atomic E-state index is -0.990. The summed E-state index contributed by atoms with van der Waals surface area (Å²) < 4.78 is 11.1. The molecule has 4 rings (SSSR count). The Morgan fingerprint density at radius 3 is 2.64 bits per heavy atom. The fraction of sp³-hybridized carbons (Fsp3) is 0.593. The number of amides is 5. The van der Waals surface area contributed by atoms with Crippen LogP contribution in [0.2, 0.25) is 0 Å². The van der Waals surface area contributed by atoms with Gasteiger partial charge in [0, 0.05) is 50.9 Å². The Morgan fingerprint density at radius 2 is 1.90 bits per heavy atom. The highest BCUT2D eigenvalue weighted by atomic mass is 16.6. The molecule has 39 heavy (non-hydrogen) atoms. The van der Waals surface area contributed by atoms with Gasteiger partial charge in [0.15, 0.2) is 0 Å². The van der Waals surface area contributed by atoms with Gasteiger partial charge in [-0.25, -0.2) is 4.79 Å². The maximum absolute atomic E-state index is 13.1. The molecule has 3 aliphatic heterocycles. The van der Waals surface area contributed by atoms with Crippen molar-refractivity contribution in [3.05, 3.63) is 29.3 Å². The van der Waals surface area contributed by atoms with E-state index in [-0.39, 0.29) is 30.0 Å². The molecule has 5 amide bonds. The Balaban J connectivity index is 1.16. The van der Waals surface area contributed by atoms with Crippen molar-refractivity contribution in [2.45, 2.75) is 64.1 Å². The largest absolute Gasteiger partial charge is 0.444 e. The molecule has 2 unspecified atom stereocenters. The molecule has 0 saturated carbocycles. The third-order valence-corrected chi connectivity index (χ3v) is 6.79. The summed E-state index contributed by atoms with van der Waals surface area (Å²) in [6, 6.07) is 4.07. The average molecular weight is 544 g/mol. The number of carbonyl (C=O) groups excluding carboxylic acids is 5. The zero-order valence-corrected chi connectivity index (χ0v) is 22.7. The molecule has 212 valence electrons. The van der Waals surface area contributed by atoms with Crippen molar-refractivity contribution in [3.8, 4) is 0 Å². The van der Waals surface area contributed by atoms with E-state index < -0.39 is 41.4 Å². The van der Waals surface area contributed by atoms with E-state index in [9.17, 15) is 24.0 Å². The van der Waals surface area contributed by atoms with Crippen LogP contribution in [0, 0.1) is 0 Å². The van der Waals surface area contributed by atoms with Crippen molar-refractivity contribution in [1.82, 2.24) is 20.4 Å². The quantitative estimate of drug-likeness (QED) is 0.295. The Labute approximate surface area is 227 Å². The van der Waals surface area contributed by atoms with E-state index in [1.807, 2.05) is 20.8 Å². The van der Waals surface area contributed by atoms with Crippen molar-refractivity contribution in [2.24, 2.45) is 0 Å². The first-order valence-electron chi connectivity index (χ1n) is 13.4. The van der Waals surface area contributed by atoms with Crippen molar-refractivity contribution in [3.63, 3.8) is 0 Å². The van der Waals surface area contributed by atoms with Crippen LogP contribution in [0.4, 0.5) is 10.5 Å². The minimum absolute atomic E-state index is 0.0668. The fourth-order valence-corrected chi connectivity index (χ4v) is 4.98. The van der Waals surface area contributed by atoms with Gasteiger partial charge in [-0.2, -0.15) is 0 Å². The lowest BCUT2D eigenvalue weighted by Gasteiger charge is -2.27. The van der Waals surface area contributed by atoms with E-state index in [0.29, 0.717) is 31.9 Å². The number of anilines is 1. The monoisotopic (exact) mass is 543 g/mol. The zero-order valence-electron chi connectivity index (χ0n) is 22.7. The second kappa shape index (κ2) is 12.1. The number of hydrogen-bond donors (Lipinski definition) is 3. The van der Waals surface area contributed by atoms with Crippen molar-refractivity contribution >= 4 is 35.4 Å². The van der Waals surface area contributed by atoms with Gasteiger partial charge in [-0.3, -0.25) is 34.3 Å². The number of carbonyl (C=O) groups is 5. The zero-order chi connectivity index (χ0) is 28.2. The molecule has 2 fully saturated rings. The summed E-state index contributed by atoms with van der Waals surface area (Å²) in [4.78, 5) is 65.0. The molecule has 0 radical (unpaired) electrons. The van der Waals surface area contributed by atoms with Crippen LogP contribution in [0.3, 0.4) is 0 Å². The highest BCUT2D eigenvalue weighted by molar-refractivity contribution is 6.25. The first kappa shape index (κ1) is 28.5. The molecular formula is C27H37N5O7. The van der Waals surface area contributed by atoms with E-state index >= 15 is 0 Å². The second-order valence-corrected chi connectivity index (χ2v) is 11.0. The lowest BCUT2D eigenvalue weighted by Crippen LogP contribution is -2.54. The summed E-state index contributed by atoms with van der Waals surface area (Å²) >= 11 is 0. The standard InChI is InChI=1S/C27H37N5O7/c1-27(2,3)39-26(37)29-17-10-12-31(16-17)13-15-38-14-5-11-28-19-7-4-6-18-22(19)25(36)32(24(18)35)20-8-9-21(33)30-23(20)34/h4,6-7,17,20,28H,5,8-16H2,1-3H3,(H,29,37)(H,30,33,34). The van der Waals surface area contributed by atoms with Crippen LogP contribution in [0.25, 0.3) is 0 Å². The molecule has 0 spiro atoms. The third-order valence-electron chi connectivity index (χ3n) is 6.79.